The van der Waals surface area contributed by atoms with Gasteiger partial charge in [0.1, 0.15) is 22.9 Å². The fourth-order valence-electron chi connectivity index (χ4n) is 8.15. The molecule has 0 spiro atoms. The summed E-state index contributed by atoms with van der Waals surface area (Å²) in [5, 5.41) is 0. The van der Waals surface area contributed by atoms with Gasteiger partial charge in [-0.1, -0.05) is 156 Å². The Labute approximate surface area is 369 Å². The average Bonchev–Trinajstić information content (AvgIpc) is 3.78. The van der Waals surface area contributed by atoms with Gasteiger partial charge in [-0.25, -0.2) is 4.98 Å². The van der Waals surface area contributed by atoms with Crippen molar-refractivity contribution in [1.29, 1.82) is 0 Å². The molecular formula is C54H53BrN2O4. The van der Waals surface area contributed by atoms with Crippen molar-refractivity contribution < 1.29 is 19.0 Å². The standard InChI is InChI=1S/C46H46N2O3.C8H7BrO/c1-5-42(45-36(32-49)26-29-44(47-45)48(34(2)3)31-35-18-10-6-11-19-35)43-28-27-41(50-4)30-37(43)33-51-46(38-20-12-7-13-21-38,39-22-14-8-15-23-39)40-24-16-9-17-25-40;9-7-2-1-6-3-4-10-8(6)5-7/h6-30,32,34,42H,5,31,33H2,1-4H3;1-2,5H,3-4H2/t42-;/m1./s1. The summed E-state index contributed by atoms with van der Waals surface area (Å²) in [6, 6.07) is 58.0. The molecule has 0 amide bonds. The first-order valence-electron chi connectivity index (χ1n) is 21.0. The minimum Gasteiger partial charge on any atom is -0.497 e. The molecule has 0 aliphatic carbocycles. The number of anilines is 1. The van der Waals surface area contributed by atoms with E-state index in [0.29, 0.717) is 12.1 Å². The number of aldehydes is 1. The molecule has 6 aromatic carbocycles. The smallest absolute Gasteiger partial charge is 0.151 e. The summed E-state index contributed by atoms with van der Waals surface area (Å²) in [7, 11) is 1.68. The largest absolute Gasteiger partial charge is 0.497 e. The summed E-state index contributed by atoms with van der Waals surface area (Å²) in [4.78, 5) is 20.2. The lowest BCUT2D eigenvalue weighted by molar-refractivity contribution is -0.000228. The minimum atomic E-state index is -0.896. The molecule has 1 aliphatic heterocycles. The van der Waals surface area contributed by atoms with Gasteiger partial charge < -0.3 is 19.1 Å². The van der Waals surface area contributed by atoms with Crippen LogP contribution in [0.2, 0.25) is 0 Å². The molecule has 0 fully saturated rings. The normalized spacial score (nSPS) is 12.4. The van der Waals surface area contributed by atoms with E-state index in [2.05, 4.69) is 157 Å². The maximum absolute atomic E-state index is 12.6. The van der Waals surface area contributed by atoms with Crippen LogP contribution in [0.4, 0.5) is 5.82 Å². The zero-order chi connectivity index (χ0) is 42.6. The molecule has 7 heteroatoms. The summed E-state index contributed by atoms with van der Waals surface area (Å²) in [6.07, 6.45) is 2.72. The van der Waals surface area contributed by atoms with Crippen LogP contribution in [0.3, 0.4) is 0 Å². The Morgan fingerprint density at radius 2 is 1.38 bits per heavy atom. The molecule has 7 aromatic rings. The molecule has 1 atom stereocenters. The van der Waals surface area contributed by atoms with Crippen molar-refractivity contribution in [3.63, 3.8) is 0 Å². The number of methoxy groups -OCH3 is 1. The van der Waals surface area contributed by atoms with E-state index in [4.69, 9.17) is 19.2 Å². The van der Waals surface area contributed by atoms with Crippen molar-refractivity contribution in [2.24, 2.45) is 0 Å². The number of carbonyl (C=O) groups is 1. The Hall–Kier alpha value is -6.02. The van der Waals surface area contributed by atoms with Crippen molar-refractivity contribution in [2.75, 3.05) is 18.6 Å². The number of carbonyl (C=O) groups excluding carboxylic acids is 1. The van der Waals surface area contributed by atoms with Gasteiger partial charge in [-0.2, -0.15) is 0 Å². The molecule has 0 bridgehead atoms. The number of aromatic nitrogens is 1. The van der Waals surface area contributed by atoms with E-state index in [1.807, 2.05) is 54.6 Å². The molecule has 0 saturated heterocycles. The number of hydrogen-bond donors (Lipinski definition) is 0. The van der Waals surface area contributed by atoms with Crippen molar-refractivity contribution in [2.45, 2.75) is 64.3 Å². The van der Waals surface area contributed by atoms with Gasteiger partial charge in [0.15, 0.2) is 6.29 Å². The highest BCUT2D eigenvalue weighted by atomic mass is 79.9. The summed E-state index contributed by atoms with van der Waals surface area (Å²) >= 11 is 3.38. The molecule has 0 saturated carbocycles. The lowest BCUT2D eigenvalue weighted by Crippen LogP contribution is -2.33. The van der Waals surface area contributed by atoms with Crippen LogP contribution in [0.1, 0.15) is 88.1 Å². The van der Waals surface area contributed by atoms with E-state index in [0.717, 1.165) is 81.0 Å². The molecule has 61 heavy (non-hydrogen) atoms. The monoisotopic (exact) mass is 872 g/mol. The maximum Gasteiger partial charge on any atom is 0.151 e. The molecule has 2 heterocycles. The fraction of sp³-hybridized carbons (Fsp3) is 0.222. The summed E-state index contributed by atoms with van der Waals surface area (Å²) in [5.74, 6) is 2.45. The second kappa shape index (κ2) is 20.5. The Bertz CT molecular complexity index is 2380. The Morgan fingerprint density at radius 1 is 0.770 bits per heavy atom. The topological polar surface area (TPSA) is 60.9 Å². The van der Waals surface area contributed by atoms with Crippen molar-refractivity contribution >= 4 is 28.0 Å². The van der Waals surface area contributed by atoms with Gasteiger partial charge in [0.05, 0.1) is 26.0 Å². The van der Waals surface area contributed by atoms with Crippen LogP contribution >= 0.6 is 15.9 Å². The molecule has 310 valence electrons. The van der Waals surface area contributed by atoms with Crippen LogP contribution in [-0.4, -0.2) is 31.0 Å². The first-order chi connectivity index (χ1) is 29.8. The third kappa shape index (κ3) is 9.97. The van der Waals surface area contributed by atoms with Crippen LogP contribution in [0, 0.1) is 0 Å². The number of ether oxygens (including phenoxy) is 3. The summed E-state index contributed by atoms with van der Waals surface area (Å²) in [6.45, 7) is 8.33. The van der Waals surface area contributed by atoms with Crippen molar-refractivity contribution in [3.05, 3.63) is 225 Å². The first-order valence-corrected chi connectivity index (χ1v) is 21.8. The van der Waals surface area contributed by atoms with E-state index in [1.165, 1.54) is 11.1 Å². The predicted octanol–water partition coefficient (Wildman–Crippen LogP) is 12.8. The molecule has 6 nitrogen and oxygen atoms in total. The Balaban J connectivity index is 0.000000487. The lowest BCUT2D eigenvalue weighted by Gasteiger charge is -2.36. The van der Waals surface area contributed by atoms with Gasteiger partial charge in [-0.3, -0.25) is 4.79 Å². The highest BCUT2D eigenvalue weighted by molar-refractivity contribution is 9.10. The Kier molecular flexibility index (Phi) is 14.5. The van der Waals surface area contributed by atoms with E-state index in [-0.39, 0.29) is 18.6 Å². The molecule has 0 unspecified atom stereocenters. The number of hydrogen-bond acceptors (Lipinski definition) is 6. The molecule has 8 rings (SSSR count). The summed E-state index contributed by atoms with van der Waals surface area (Å²) in [5.41, 5.74) is 8.09. The van der Waals surface area contributed by atoms with Crippen LogP contribution in [0.25, 0.3) is 0 Å². The minimum absolute atomic E-state index is 0.167. The van der Waals surface area contributed by atoms with Crippen molar-refractivity contribution in [3.8, 4) is 11.5 Å². The first kappa shape index (κ1) is 43.1. The van der Waals surface area contributed by atoms with Gasteiger partial charge in [0.2, 0.25) is 0 Å². The maximum atomic E-state index is 12.6. The second-order valence-corrected chi connectivity index (χ2v) is 16.3. The predicted molar refractivity (Wildman–Crippen MR) is 250 cm³/mol. The summed E-state index contributed by atoms with van der Waals surface area (Å²) < 4.78 is 19.5. The fourth-order valence-corrected chi connectivity index (χ4v) is 8.49. The van der Waals surface area contributed by atoms with Crippen LogP contribution < -0.4 is 14.4 Å². The number of benzene rings is 6. The zero-order valence-electron chi connectivity index (χ0n) is 35.3. The van der Waals surface area contributed by atoms with Crippen molar-refractivity contribution in [1.82, 2.24) is 4.98 Å². The number of fused-ring (bicyclic) bond motifs is 1. The van der Waals surface area contributed by atoms with Crippen LogP contribution in [-0.2, 0) is 29.9 Å². The van der Waals surface area contributed by atoms with E-state index in [1.54, 1.807) is 7.11 Å². The van der Waals surface area contributed by atoms with E-state index < -0.39 is 5.60 Å². The lowest BCUT2D eigenvalue weighted by atomic mass is 9.80. The second-order valence-electron chi connectivity index (χ2n) is 15.4. The average molecular weight is 874 g/mol. The van der Waals surface area contributed by atoms with E-state index in [9.17, 15) is 4.79 Å². The highest BCUT2D eigenvalue weighted by Gasteiger charge is 2.38. The zero-order valence-corrected chi connectivity index (χ0v) is 36.9. The third-order valence-corrected chi connectivity index (χ3v) is 11.8. The van der Waals surface area contributed by atoms with Gasteiger partial charge in [0, 0.05) is 35.0 Å². The van der Waals surface area contributed by atoms with Gasteiger partial charge in [-0.05, 0) is 95.6 Å². The SMILES string of the molecule is Brc1ccc2c(c1)OCC2.CC[C@H](c1ccc(OC)cc1COC(c1ccccc1)(c1ccccc1)c1ccccc1)c1nc(N(Cc2ccccc2)C(C)C)ccc1C=O. The van der Waals surface area contributed by atoms with Gasteiger partial charge in [0.25, 0.3) is 0 Å². The van der Waals surface area contributed by atoms with Crippen LogP contribution in [0.15, 0.2) is 174 Å². The quantitative estimate of drug-likeness (QED) is 0.0755. The molecule has 0 radical (unpaired) electrons. The molecule has 0 N–H and O–H groups in total. The number of halogens is 1. The number of nitrogens with zero attached hydrogens (tertiary/aromatic N) is 2. The highest BCUT2D eigenvalue weighted by Crippen LogP contribution is 2.43. The Morgan fingerprint density at radius 3 is 1.93 bits per heavy atom. The molecular weight excluding hydrogens is 821 g/mol. The van der Waals surface area contributed by atoms with Gasteiger partial charge in [-0.15, -0.1) is 0 Å². The molecule has 1 aromatic heterocycles. The van der Waals surface area contributed by atoms with Crippen LogP contribution in [0.5, 0.6) is 11.5 Å². The number of pyridine rings is 1. The van der Waals surface area contributed by atoms with E-state index >= 15 is 0 Å². The third-order valence-electron chi connectivity index (χ3n) is 11.3. The molecule has 1 aliphatic rings. The van der Waals surface area contributed by atoms with Gasteiger partial charge >= 0.3 is 0 Å². The number of rotatable bonds is 15.